The van der Waals surface area contributed by atoms with Crippen molar-refractivity contribution in [3.8, 4) is 5.75 Å². The number of carbonyl (C=O) groups excluding carboxylic acids is 1. The Morgan fingerprint density at radius 3 is 2.58 bits per heavy atom. The average molecular weight is 377 g/mol. The molecule has 1 aromatic heterocycles. The third-order valence-electron chi connectivity index (χ3n) is 4.93. The number of aliphatic hydroxyl groups is 1. The van der Waals surface area contributed by atoms with E-state index in [4.69, 9.17) is 4.74 Å². The summed E-state index contributed by atoms with van der Waals surface area (Å²) in [6.45, 7) is 2.24. The summed E-state index contributed by atoms with van der Waals surface area (Å²) >= 11 is 1.63. The molecule has 0 bridgehead atoms. The Hall–Kier alpha value is -1.92. The molecular weight excluding hydrogens is 353 g/mol. The molecule has 1 aromatic carbocycles. The minimum absolute atomic E-state index is 0.0522. The lowest BCUT2D eigenvalue weighted by Gasteiger charge is -2.28. The SMILES string of the molecule is C[C@@H](O)c1ccc(C2(CNC(=O)COc3ccc(F)cc3)CCCC2)s1. The van der Waals surface area contributed by atoms with E-state index in [0.29, 0.717) is 12.3 Å². The number of rotatable bonds is 7. The third kappa shape index (κ3) is 4.43. The summed E-state index contributed by atoms with van der Waals surface area (Å²) in [6.07, 6.45) is 3.89. The molecule has 6 heteroatoms. The Balaban J connectivity index is 1.58. The number of thiophene rings is 1. The molecule has 2 N–H and O–H groups in total. The van der Waals surface area contributed by atoms with Crippen molar-refractivity contribution in [2.24, 2.45) is 0 Å². The molecule has 0 saturated heterocycles. The Kier molecular flexibility index (Phi) is 5.94. The third-order valence-corrected chi connectivity index (χ3v) is 6.43. The Morgan fingerprint density at radius 1 is 1.27 bits per heavy atom. The summed E-state index contributed by atoms with van der Waals surface area (Å²) in [7, 11) is 0. The van der Waals surface area contributed by atoms with Crippen molar-refractivity contribution < 1.29 is 19.0 Å². The molecule has 1 saturated carbocycles. The molecule has 1 atom stereocenters. The van der Waals surface area contributed by atoms with Crippen molar-refractivity contribution in [2.75, 3.05) is 13.2 Å². The van der Waals surface area contributed by atoms with E-state index in [-0.39, 0.29) is 23.7 Å². The predicted octanol–water partition coefficient (Wildman–Crippen LogP) is 3.95. The van der Waals surface area contributed by atoms with Crippen LogP contribution in [0.5, 0.6) is 5.75 Å². The molecule has 1 amide bonds. The molecule has 1 fully saturated rings. The molecule has 140 valence electrons. The molecule has 1 aliphatic carbocycles. The zero-order valence-corrected chi connectivity index (χ0v) is 15.7. The molecule has 0 unspecified atom stereocenters. The molecule has 1 heterocycles. The quantitative estimate of drug-likeness (QED) is 0.768. The highest BCUT2D eigenvalue weighted by molar-refractivity contribution is 7.12. The largest absolute Gasteiger partial charge is 0.484 e. The topological polar surface area (TPSA) is 58.6 Å². The lowest BCUT2D eigenvalue weighted by molar-refractivity contribution is -0.123. The Labute approximate surface area is 157 Å². The molecule has 0 spiro atoms. The predicted molar refractivity (Wildman–Crippen MR) is 100 cm³/mol. The number of hydrogen-bond acceptors (Lipinski definition) is 4. The second-order valence-electron chi connectivity index (χ2n) is 6.88. The first-order chi connectivity index (χ1) is 12.5. The summed E-state index contributed by atoms with van der Waals surface area (Å²) in [5.74, 6) is -0.0534. The summed E-state index contributed by atoms with van der Waals surface area (Å²) < 4.78 is 18.3. The van der Waals surface area contributed by atoms with E-state index in [9.17, 15) is 14.3 Å². The highest BCUT2D eigenvalue weighted by atomic mass is 32.1. The fourth-order valence-electron chi connectivity index (χ4n) is 3.42. The van der Waals surface area contributed by atoms with E-state index in [1.165, 1.54) is 29.1 Å². The van der Waals surface area contributed by atoms with Crippen LogP contribution in [0, 0.1) is 5.82 Å². The maximum Gasteiger partial charge on any atom is 0.257 e. The minimum atomic E-state index is -0.467. The van der Waals surface area contributed by atoms with Crippen LogP contribution < -0.4 is 10.1 Å². The monoisotopic (exact) mass is 377 g/mol. The number of benzene rings is 1. The van der Waals surface area contributed by atoms with Crippen molar-refractivity contribution in [1.29, 1.82) is 0 Å². The van der Waals surface area contributed by atoms with Gasteiger partial charge < -0.3 is 15.2 Å². The van der Waals surface area contributed by atoms with E-state index in [1.54, 1.807) is 18.3 Å². The van der Waals surface area contributed by atoms with Gasteiger partial charge in [-0.3, -0.25) is 4.79 Å². The van der Waals surface area contributed by atoms with Gasteiger partial charge in [-0.15, -0.1) is 11.3 Å². The number of aliphatic hydroxyl groups excluding tert-OH is 1. The van der Waals surface area contributed by atoms with Crippen LogP contribution in [0.4, 0.5) is 4.39 Å². The summed E-state index contributed by atoms with van der Waals surface area (Å²) in [5.41, 5.74) is -0.0522. The van der Waals surface area contributed by atoms with Crippen molar-refractivity contribution >= 4 is 17.2 Å². The molecule has 26 heavy (non-hydrogen) atoms. The minimum Gasteiger partial charge on any atom is -0.484 e. The van der Waals surface area contributed by atoms with Gasteiger partial charge in [-0.05, 0) is 56.2 Å². The van der Waals surface area contributed by atoms with Crippen LogP contribution in [0.1, 0.15) is 48.5 Å². The summed E-state index contributed by atoms with van der Waals surface area (Å²) in [4.78, 5) is 14.4. The Bertz CT molecular complexity index is 736. The van der Waals surface area contributed by atoms with E-state index in [1.807, 2.05) is 6.07 Å². The lowest BCUT2D eigenvalue weighted by Crippen LogP contribution is -2.40. The van der Waals surface area contributed by atoms with Crippen LogP contribution in [-0.4, -0.2) is 24.2 Å². The van der Waals surface area contributed by atoms with Gasteiger partial charge in [-0.1, -0.05) is 12.8 Å². The van der Waals surface area contributed by atoms with Gasteiger partial charge in [0, 0.05) is 21.7 Å². The molecule has 0 radical (unpaired) electrons. The zero-order valence-electron chi connectivity index (χ0n) is 14.8. The van der Waals surface area contributed by atoms with Crippen molar-refractivity contribution in [2.45, 2.75) is 44.1 Å². The molecule has 4 nitrogen and oxygen atoms in total. The fraction of sp³-hybridized carbons (Fsp3) is 0.450. The maximum absolute atomic E-state index is 12.9. The first-order valence-electron chi connectivity index (χ1n) is 8.92. The van der Waals surface area contributed by atoms with E-state index in [0.717, 1.165) is 30.6 Å². The number of hydrogen-bond donors (Lipinski definition) is 2. The van der Waals surface area contributed by atoms with Crippen molar-refractivity contribution in [3.63, 3.8) is 0 Å². The first kappa shape index (κ1) is 18.9. The van der Waals surface area contributed by atoms with Gasteiger partial charge in [0.05, 0.1) is 6.10 Å². The normalized spacial score (nSPS) is 17.0. The summed E-state index contributed by atoms with van der Waals surface area (Å²) in [5, 5.41) is 12.8. The van der Waals surface area contributed by atoms with Crippen LogP contribution in [0.3, 0.4) is 0 Å². The molecule has 3 rings (SSSR count). The van der Waals surface area contributed by atoms with Crippen LogP contribution in [-0.2, 0) is 10.2 Å². The second-order valence-corrected chi connectivity index (χ2v) is 8.00. The fourth-order valence-corrected chi connectivity index (χ4v) is 4.61. The van der Waals surface area contributed by atoms with Gasteiger partial charge in [0.2, 0.25) is 0 Å². The highest BCUT2D eigenvalue weighted by Gasteiger charge is 2.37. The van der Waals surface area contributed by atoms with E-state index < -0.39 is 6.10 Å². The number of carbonyl (C=O) groups is 1. The van der Waals surface area contributed by atoms with Gasteiger partial charge in [0.15, 0.2) is 6.61 Å². The number of halogens is 1. The smallest absolute Gasteiger partial charge is 0.257 e. The van der Waals surface area contributed by atoms with Crippen LogP contribution >= 0.6 is 11.3 Å². The van der Waals surface area contributed by atoms with Crippen molar-refractivity contribution in [1.82, 2.24) is 5.32 Å². The summed E-state index contributed by atoms with van der Waals surface area (Å²) in [6, 6.07) is 9.67. The van der Waals surface area contributed by atoms with E-state index in [2.05, 4.69) is 11.4 Å². The number of nitrogens with one attached hydrogen (secondary N) is 1. The van der Waals surface area contributed by atoms with E-state index >= 15 is 0 Å². The van der Waals surface area contributed by atoms with Gasteiger partial charge in [-0.25, -0.2) is 4.39 Å². The van der Waals surface area contributed by atoms with Gasteiger partial charge in [0.25, 0.3) is 5.91 Å². The maximum atomic E-state index is 12.9. The van der Waals surface area contributed by atoms with Gasteiger partial charge in [-0.2, -0.15) is 0 Å². The van der Waals surface area contributed by atoms with Crippen LogP contribution in [0.15, 0.2) is 36.4 Å². The average Bonchev–Trinajstić information content (AvgIpc) is 3.29. The van der Waals surface area contributed by atoms with Crippen molar-refractivity contribution in [3.05, 3.63) is 52.0 Å². The molecule has 1 aliphatic rings. The number of amides is 1. The standard InChI is InChI=1S/C20H24FNO3S/c1-14(23)17-8-9-18(26-17)20(10-2-3-11-20)13-22-19(24)12-25-16-6-4-15(21)5-7-16/h4-9,14,23H,2-3,10-13H2,1H3,(H,22,24)/t14-/m1/s1. The molecule has 2 aromatic rings. The number of ether oxygens (including phenoxy) is 1. The molecular formula is C20H24FNO3S. The lowest BCUT2D eigenvalue weighted by atomic mass is 9.84. The molecule has 0 aliphatic heterocycles. The Morgan fingerprint density at radius 2 is 1.96 bits per heavy atom. The zero-order chi connectivity index (χ0) is 18.6. The van der Waals surface area contributed by atoms with Gasteiger partial charge in [0.1, 0.15) is 11.6 Å². The van der Waals surface area contributed by atoms with Crippen LogP contribution in [0.25, 0.3) is 0 Å². The van der Waals surface area contributed by atoms with Gasteiger partial charge >= 0.3 is 0 Å². The second kappa shape index (κ2) is 8.18. The van der Waals surface area contributed by atoms with Crippen LogP contribution in [0.2, 0.25) is 0 Å². The highest BCUT2D eigenvalue weighted by Crippen LogP contribution is 2.44. The first-order valence-corrected chi connectivity index (χ1v) is 9.73.